The standard InChI is InChI=1S/C18H14Cl5N3O3/c1-7-16(8(2)26(3)25-7)24-18(27)10-5-4-9(29-10)6-28-17-14(22)12(20)11(19)13(21)15(17)23/h4-5H,6H2,1-3H3,(H,24,27). The molecule has 0 saturated carbocycles. The zero-order valence-corrected chi connectivity index (χ0v) is 19.2. The number of hydrogen-bond acceptors (Lipinski definition) is 4. The molecule has 29 heavy (non-hydrogen) atoms. The quantitative estimate of drug-likeness (QED) is 0.314. The van der Waals surface area contributed by atoms with Gasteiger partial charge in [-0.15, -0.1) is 0 Å². The van der Waals surface area contributed by atoms with Crippen LogP contribution >= 0.6 is 58.0 Å². The number of anilines is 1. The molecule has 6 nitrogen and oxygen atoms in total. The molecule has 0 aliphatic carbocycles. The predicted molar refractivity (Wildman–Crippen MR) is 115 cm³/mol. The molecule has 2 aromatic heterocycles. The number of amides is 1. The van der Waals surface area contributed by atoms with Crippen molar-refractivity contribution in [2.75, 3.05) is 5.32 Å². The third-order valence-electron chi connectivity index (χ3n) is 4.16. The van der Waals surface area contributed by atoms with Gasteiger partial charge >= 0.3 is 0 Å². The van der Waals surface area contributed by atoms with E-state index in [1.54, 1.807) is 24.7 Å². The van der Waals surface area contributed by atoms with E-state index < -0.39 is 5.91 Å². The third-order valence-corrected chi connectivity index (χ3v) is 6.40. The number of furan rings is 1. The highest BCUT2D eigenvalue weighted by Gasteiger charge is 2.21. The summed E-state index contributed by atoms with van der Waals surface area (Å²) in [6.07, 6.45) is 0. The van der Waals surface area contributed by atoms with E-state index >= 15 is 0 Å². The van der Waals surface area contributed by atoms with Crippen LogP contribution in [0.4, 0.5) is 5.69 Å². The summed E-state index contributed by atoms with van der Waals surface area (Å²) in [7, 11) is 1.80. The van der Waals surface area contributed by atoms with Gasteiger partial charge in [-0.3, -0.25) is 9.48 Å². The van der Waals surface area contributed by atoms with E-state index in [0.717, 1.165) is 5.69 Å². The van der Waals surface area contributed by atoms with Crippen molar-refractivity contribution in [3.05, 3.63) is 60.2 Å². The highest BCUT2D eigenvalue weighted by atomic mass is 35.5. The fourth-order valence-electron chi connectivity index (χ4n) is 2.56. The molecule has 1 N–H and O–H groups in total. The van der Waals surface area contributed by atoms with Gasteiger partial charge in [-0.25, -0.2) is 0 Å². The fourth-order valence-corrected chi connectivity index (χ4v) is 3.79. The summed E-state index contributed by atoms with van der Waals surface area (Å²) in [6.45, 7) is 3.60. The van der Waals surface area contributed by atoms with E-state index in [4.69, 9.17) is 67.2 Å². The van der Waals surface area contributed by atoms with Crippen LogP contribution in [0.15, 0.2) is 16.5 Å². The van der Waals surface area contributed by atoms with Crippen molar-refractivity contribution in [2.24, 2.45) is 7.05 Å². The Labute approximate surface area is 191 Å². The summed E-state index contributed by atoms with van der Waals surface area (Å²) in [6, 6.07) is 3.12. The summed E-state index contributed by atoms with van der Waals surface area (Å²) >= 11 is 30.3. The number of ether oxygens (including phenoxy) is 1. The van der Waals surface area contributed by atoms with Crippen LogP contribution in [0.25, 0.3) is 0 Å². The molecule has 0 aliphatic heterocycles. The number of aryl methyl sites for hydroxylation is 2. The van der Waals surface area contributed by atoms with Gasteiger partial charge in [-0.05, 0) is 26.0 Å². The van der Waals surface area contributed by atoms with E-state index in [1.165, 1.54) is 6.07 Å². The molecule has 0 bridgehead atoms. The van der Waals surface area contributed by atoms with Crippen molar-refractivity contribution in [2.45, 2.75) is 20.5 Å². The van der Waals surface area contributed by atoms with Crippen LogP contribution in [-0.2, 0) is 13.7 Å². The zero-order chi connectivity index (χ0) is 21.5. The van der Waals surface area contributed by atoms with Crippen LogP contribution in [0.1, 0.15) is 27.7 Å². The van der Waals surface area contributed by atoms with Gasteiger partial charge in [-0.1, -0.05) is 58.0 Å². The van der Waals surface area contributed by atoms with Crippen LogP contribution in [0.2, 0.25) is 25.1 Å². The molecule has 3 rings (SSSR count). The van der Waals surface area contributed by atoms with Gasteiger partial charge in [0.1, 0.15) is 22.4 Å². The Balaban J connectivity index is 1.74. The van der Waals surface area contributed by atoms with E-state index in [1.807, 2.05) is 6.92 Å². The molecule has 0 saturated heterocycles. The Morgan fingerprint density at radius 1 is 1.07 bits per heavy atom. The molecule has 154 valence electrons. The number of carbonyl (C=O) groups is 1. The first-order valence-corrected chi connectivity index (χ1v) is 10.0. The Bertz CT molecular complexity index is 1080. The minimum Gasteiger partial charge on any atom is -0.482 e. The maximum absolute atomic E-state index is 12.5. The predicted octanol–water partition coefficient (Wildman–Crippen LogP) is 6.73. The molecule has 0 radical (unpaired) electrons. The largest absolute Gasteiger partial charge is 0.482 e. The average Bonchev–Trinajstić information content (AvgIpc) is 3.25. The van der Waals surface area contributed by atoms with E-state index in [-0.39, 0.29) is 43.2 Å². The number of carbonyl (C=O) groups excluding carboxylic acids is 1. The van der Waals surface area contributed by atoms with Crippen molar-refractivity contribution in [1.82, 2.24) is 9.78 Å². The number of nitrogens with zero attached hydrogens (tertiary/aromatic N) is 2. The second-order valence-electron chi connectivity index (χ2n) is 6.08. The number of hydrogen-bond donors (Lipinski definition) is 1. The Kier molecular flexibility index (Phi) is 6.61. The summed E-state index contributed by atoms with van der Waals surface area (Å²) in [5, 5.41) is 7.19. The lowest BCUT2D eigenvalue weighted by atomic mass is 10.3. The van der Waals surface area contributed by atoms with Gasteiger partial charge < -0.3 is 14.5 Å². The Morgan fingerprint density at radius 2 is 1.66 bits per heavy atom. The minimum atomic E-state index is -0.413. The maximum Gasteiger partial charge on any atom is 0.291 e. The summed E-state index contributed by atoms with van der Waals surface area (Å²) in [5.41, 5.74) is 2.16. The first-order valence-electron chi connectivity index (χ1n) is 8.16. The molecule has 11 heteroatoms. The number of rotatable bonds is 5. The van der Waals surface area contributed by atoms with E-state index in [2.05, 4.69) is 10.4 Å². The van der Waals surface area contributed by atoms with Gasteiger partial charge in [0.25, 0.3) is 5.91 Å². The van der Waals surface area contributed by atoms with Crippen molar-refractivity contribution in [3.63, 3.8) is 0 Å². The van der Waals surface area contributed by atoms with Crippen LogP contribution < -0.4 is 10.1 Å². The van der Waals surface area contributed by atoms with Crippen LogP contribution in [0, 0.1) is 13.8 Å². The molecule has 1 amide bonds. The first-order chi connectivity index (χ1) is 13.6. The summed E-state index contributed by atoms with van der Waals surface area (Å²) in [5.74, 6) is 0.126. The maximum atomic E-state index is 12.5. The summed E-state index contributed by atoms with van der Waals surface area (Å²) < 4.78 is 12.8. The van der Waals surface area contributed by atoms with Crippen molar-refractivity contribution in [1.29, 1.82) is 0 Å². The zero-order valence-electron chi connectivity index (χ0n) is 15.4. The molecular formula is C18H14Cl5N3O3. The third kappa shape index (κ3) is 4.32. The summed E-state index contributed by atoms with van der Waals surface area (Å²) in [4.78, 5) is 12.5. The van der Waals surface area contributed by atoms with Crippen LogP contribution in [0.3, 0.4) is 0 Å². The second kappa shape index (κ2) is 8.66. The fraction of sp³-hybridized carbons (Fsp3) is 0.222. The SMILES string of the molecule is Cc1nn(C)c(C)c1NC(=O)c1ccc(COc2c(Cl)c(Cl)c(Cl)c(Cl)c2Cl)o1. The first kappa shape index (κ1) is 22.1. The molecular weight excluding hydrogens is 483 g/mol. The lowest BCUT2D eigenvalue weighted by Crippen LogP contribution is -2.12. The molecule has 1 aromatic carbocycles. The van der Waals surface area contributed by atoms with Gasteiger partial charge in [-0.2, -0.15) is 5.10 Å². The molecule has 3 aromatic rings. The minimum absolute atomic E-state index is 0.0260. The molecule has 0 aliphatic rings. The Morgan fingerprint density at radius 3 is 2.21 bits per heavy atom. The molecule has 0 atom stereocenters. The monoisotopic (exact) mass is 495 g/mol. The molecule has 0 unspecified atom stereocenters. The van der Waals surface area contributed by atoms with Crippen molar-refractivity contribution >= 4 is 69.6 Å². The highest BCUT2D eigenvalue weighted by Crippen LogP contribution is 2.48. The molecule has 0 fully saturated rings. The average molecular weight is 498 g/mol. The topological polar surface area (TPSA) is 69.3 Å². The Hall–Kier alpha value is -1.57. The highest BCUT2D eigenvalue weighted by molar-refractivity contribution is 6.55. The van der Waals surface area contributed by atoms with Gasteiger partial charge in [0.15, 0.2) is 11.5 Å². The number of halogens is 5. The van der Waals surface area contributed by atoms with Gasteiger partial charge in [0.05, 0.1) is 32.1 Å². The number of nitrogens with one attached hydrogen (secondary N) is 1. The van der Waals surface area contributed by atoms with E-state index in [9.17, 15) is 4.79 Å². The van der Waals surface area contributed by atoms with Crippen LogP contribution in [-0.4, -0.2) is 15.7 Å². The second-order valence-corrected chi connectivity index (χ2v) is 7.97. The van der Waals surface area contributed by atoms with Gasteiger partial charge in [0, 0.05) is 7.05 Å². The number of benzene rings is 1. The lowest BCUT2D eigenvalue weighted by molar-refractivity contribution is 0.0992. The van der Waals surface area contributed by atoms with Crippen molar-refractivity contribution in [3.8, 4) is 5.75 Å². The normalized spacial score (nSPS) is 11.0. The number of aromatic nitrogens is 2. The molecule has 2 heterocycles. The van der Waals surface area contributed by atoms with Gasteiger partial charge in [0.2, 0.25) is 0 Å². The van der Waals surface area contributed by atoms with E-state index in [0.29, 0.717) is 17.1 Å². The van der Waals surface area contributed by atoms with Crippen LogP contribution in [0.5, 0.6) is 5.75 Å². The lowest BCUT2D eigenvalue weighted by Gasteiger charge is -2.12. The smallest absolute Gasteiger partial charge is 0.291 e. The molecule has 0 spiro atoms. The van der Waals surface area contributed by atoms with Crippen molar-refractivity contribution < 1.29 is 13.9 Å².